The Morgan fingerprint density at radius 2 is 1.95 bits per heavy atom. The lowest BCUT2D eigenvalue weighted by atomic mass is 10.1. The monoisotopic (exact) mass is 267 g/mol. The van der Waals surface area contributed by atoms with Gasteiger partial charge in [0, 0.05) is 12.2 Å². The predicted molar refractivity (Wildman–Crippen MR) is 81.7 cm³/mol. The Hall–Kier alpha value is -2.49. The zero-order valence-corrected chi connectivity index (χ0v) is 11.2. The molecule has 0 radical (unpaired) electrons. The van der Waals surface area contributed by atoms with Crippen LogP contribution in [0.15, 0.2) is 52.9 Å². The average molecular weight is 267 g/mol. The summed E-state index contributed by atoms with van der Waals surface area (Å²) in [6.07, 6.45) is 2.08. The molecule has 3 rings (SSSR count). The number of aryl methyl sites for hydroxylation is 1. The zero-order chi connectivity index (χ0) is 13.8. The molecule has 0 saturated carbocycles. The molecule has 0 fully saturated rings. The molecule has 4 heteroatoms. The van der Waals surface area contributed by atoms with Gasteiger partial charge in [-0.2, -0.15) is 4.98 Å². The molecule has 3 aromatic rings. The van der Waals surface area contributed by atoms with Crippen LogP contribution in [0.1, 0.15) is 12.0 Å². The van der Waals surface area contributed by atoms with Crippen molar-refractivity contribution in [3.05, 3.63) is 54.1 Å². The van der Waals surface area contributed by atoms with E-state index < -0.39 is 0 Å². The molecule has 1 heterocycles. The highest BCUT2D eigenvalue weighted by Crippen LogP contribution is 2.20. The van der Waals surface area contributed by atoms with Crippen LogP contribution in [-0.2, 0) is 6.42 Å². The third kappa shape index (κ3) is 2.91. The third-order valence-corrected chi connectivity index (χ3v) is 3.17. The summed E-state index contributed by atoms with van der Waals surface area (Å²) in [6, 6.07) is 16.5. The second-order valence-corrected chi connectivity index (χ2v) is 4.76. The fraction of sp³-hybridized carbons (Fsp3) is 0.188. The number of nitrogens with two attached hydrogens (primary N) is 1. The van der Waals surface area contributed by atoms with Crippen LogP contribution in [-0.4, -0.2) is 11.5 Å². The number of oxazole rings is 1. The molecular weight excluding hydrogens is 250 g/mol. The summed E-state index contributed by atoms with van der Waals surface area (Å²) >= 11 is 0. The van der Waals surface area contributed by atoms with E-state index in [1.165, 1.54) is 5.56 Å². The van der Waals surface area contributed by atoms with Crippen molar-refractivity contribution in [3.63, 3.8) is 0 Å². The van der Waals surface area contributed by atoms with E-state index >= 15 is 0 Å². The Kier molecular flexibility index (Phi) is 3.54. The molecule has 102 valence electrons. The van der Waals surface area contributed by atoms with Gasteiger partial charge in [-0.15, -0.1) is 0 Å². The van der Waals surface area contributed by atoms with Gasteiger partial charge in [0.15, 0.2) is 5.58 Å². The second-order valence-electron chi connectivity index (χ2n) is 4.76. The molecule has 2 aromatic carbocycles. The van der Waals surface area contributed by atoms with Crippen LogP contribution in [0.4, 0.5) is 11.7 Å². The minimum atomic E-state index is 0.554. The number of hydrogen-bond donors (Lipinski definition) is 2. The van der Waals surface area contributed by atoms with Gasteiger partial charge in [0.25, 0.3) is 6.01 Å². The Morgan fingerprint density at radius 1 is 1.10 bits per heavy atom. The summed E-state index contributed by atoms with van der Waals surface area (Å²) < 4.78 is 5.60. The van der Waals surface area contributed by atoms with Crippen LogP contribution in [0, 0.1) is 0 Å². The SMILES string of the molecule is Nc1ccc2oc(NCCCc3ccccc3)nc2c1. The van der Waals surface area contributed by atoms with Gasteiger partial charge in [-0.05, 0) is 36.6 Å². The highest BCUT2D eigenvalue weighted by atomic mass is 16.4. The minimum absolute atomic E-state index is 0.554. The maximum absolute atomic E-state index is 5.72. The Balaban J connectivity index is 1.55. The van der Waals surface area contributed by atoms with Crippen LogP contribution in [0.3, 0.4) is 0 Å². The lowest BCUT2D eigenvalue weighted by Crippen LogP contribution is -2.02. The number of fused-ring (bicyclic) bond motifs is 1. The van der Waals surface area contributed by atoms with Crippen LogP contribution in [0.25, 0.3) is 11.1 Å². The van der Waals surface area contributed by atoms with Gasteiger partial charge in [-0.1, -0.05) is 30.3 Å². The molecule has 0 saturated heterocycles. The Labute approximate surface area is 117 Å². The minimum Gasteiger partial charge on any atom is -0.424 e. The number of hydrogen-bond acceptors (Lipinski definition) is 4. The van der Waals surface area contributed by atoms with E-state index in [9.17, 15) is 0 Å². The quantitative estimate of drug-likeness (QED) is 0.549. The summed E-state index contributed by atoms with van der Waals surface area (Å²) in [4.78, 5) is 4.36. The number of benzene rings is 2. The number of nitrogens with one attached hydrogen (secondary N) is 1. The highest BCUT2D eigenvalue weighted by Gasteiger charge is 2.04. The number of anilines is 2. The first-order valence-electron chi connectivity index (χ1n) is 6.75. The van der Waals surface area contributed by atoms with Gasteiger partial charge < -0.3 is 15.5 Å². The van der Waals surface area contributed by atoms with Crippen LogP contribution >= 0.6 is 0 Å². The summed E-state index contributed by atoms with van der Waals surface area (Å²) in [5.74, 6) is 0. The summed E-state index contributed by atoms with van der Waals surface area (Å²) in [5.41, 5.74) is 9.30. The summed E-state index contributed by atoms with van der Waals surface area (Å²) in [7, 11) is 0. The first-order chi connectivity index (χ1) is 9.81. The van der Waals surface area contributed by atoms with Crippen molar-refractivity contribution in [1.82, 2.24) is 4.98 Å². The lowest BCUT2D eigenvalue weighted by molar-refractivity contribution is 0.612. The predicted octanol–water partition coefficient (Wildman–Crippen LogP) is 3.45. The van der Waals surface area contributed by atoms with Crippen molar-refractivity contribution in [3.8, 4) is 0 Å². The van der Waals surface area contributed by atoms with Gasteiger partial charge >= 0.3 is 0 Å². The van der Waals surface area contributed by atoms with E-state index in [4.69, 9.17) is 10.2 Å². The van der Waals surface area contributed by atoms with Crippen molar-refractivity contribution in [1.29, 1.82) is 0 Å². The average Bonchev–Trinajstić information content (AvgIpc) is 2.86. The zero-order valence-electron chi connectivity index (χ0n) is 11.2. The van der Waals surface area contributed by atoms with E-state index in [1.54, 1.807) is 0 Å². The van der Waals surface area contributed by atoms with Crippen LogP contribution < -0.4 is 11.1 Å². The smallest absolute Gasteiger partial charge is 0.295 e. The summed E-state index contributed by atoms with van der Waals surface area (Å²) in [6.45, 7) is 0.831. The van der Waals surface area contributed by atoms with Crippen molar-refractivity contribution in [2.45, 2.75) is 12.8 Å². The van der Waals surface area contributed by atoms with E-state index in [0.29, 0.717) is 11.7 Å². The van der Waals surface area contributed by atoms with E-state index in [0.717, 1.165) is 30.5 Å². The van der Waals surface area contributed by atoms with E-state index in [2.05, 4.69) is 34.6 Å². The standard InChI is InChI=1S/C16H17N3O/c17-13-8-9-15-14(11-13)19-16(20-15)18-10-4-7-12-5-2-1-3-6-12/h1-3,5-6,8-9,11H,4,7,10,17H2,(H,18,19). The second kappa shape index (κ2) is 5.65. The molecule has 0 unspecified atom stereocenters. The van der Waals surface area contributed by atoms with Gasteiger partial charge in [-0.3, -0.25) is 0 Å². The molecule has 0 atom stereocenters. The third-order valence-electron chi connectivity index (χ3n) is 3.17. The van der Waals surface area contributed by atoms with E-state index in [1.807, 2.05) is 24.3 Å². The normalized spacial score (nSPS) is 10.8. The van der Waals surface area contributed by atoms with Crippen molar-refractivity contribution >= 4 is 22.8 Å². The Morgan fingerprint density at radius 3 is 2.80 bits per heavy atom. The molecule has 20 heavy (non-hydrogen) atoms. The molecule has 4 nitrogen and oxygen atoms in total. The largest absolute Gasteiger partial charge is 0.424 e. The maximum atomic E-state index is 5.72. The molecule has 0 aliphatic carbocycles. The number of nitrogens with zero attached hydrogens (tertiary/aromatic N) is 1. The fourth-order valence-corrected chi connectivity index (χ4v) is 2.15. The topological polar surface area (TPSA) is 64.1 Å². The maximum Gasteiger partial charge on any atom is 0.295 e. The first kappa shape index (κ1) is 12.5. The van der Waals surface area contributed by atoms with Crippen molar-refractivity contribution in [2.75, 3.05) is 17.6 Å². The van der Waals surface area contributed by atoms with Crippen molar-refractivity contribution in [2.24, 2.45) is 0 Å². The summed E-state index contributed by atoms with van der Waals surface area (Å²) in [5, 5.41) is 3.21. The van der Waals surface area contributed by atoms with E-state index in [-0.39, 0.29) is 0 Å². The molecule has 0 amide bonds. The van der Waals surface area contributed by atoms with Crippen molar-refractivity contribution < 1.29 is 4.42 Å². The molecule has 0 spiro atoms. The fourth-order valence-electron chi connectivity index (χ4n) is 2.15. The van der Waals surface area contributed by atoms with Gasteiger partial charge in [0.2, 0.25) is 0 Å². The highest BCUT2D eigenvalue weighted by molar-refractivity contribution is 5.78. The van der Waals surface area contributed by atoms with Gasteiger partial charge in [-0.25, -0.2) is 0 Å². The first-order valence-corrected chi connectivity index (χ1v) is 6.75. The molecule has 0 aliphatic heterocycles. The van der Waals surface area contributed by atoms with Crippen LogP contribution in [0.2, 0.25) is 0 Å². The van der Waals surface area contributed by atoms with Gasteiger partial charge in [0.05, 0.1) is 0 Å². The molecule has 1 aromatic heterocycles. The molecule has 0 aliphatic rings. The van der Waals surface area contributed by atoms with Crippen LogP contribution in [0.5, 0.6) is 0 Å². The Bertz CT molecular complexity index is 691. The lowest BCUT2D eigenvalue weighted by Gasteiger charge is -2.02. The van der Waals surface area contributed by atoms with Gasteiger partial charge in [0.1, 0.15) is 5.52 Å². The number of nitrogen functional groups attached to an aromatic ring is 1. The number of aromatic nitrogens is 1. The molecule has 3 N–H and O–H groups in total. The molecular formula is C16H17N3O. The molecule has 0 bridgehead atoms. The number of rotatable bonds is 5.